The van der Waals surface area contributed by atoms with Gasteiger partial charge >= 0.3 is 5.97 Å². The van der Waals surface area contributed by atoms with Gasteiger partial charge in [0.1, 0.15) is 6.04 Å². The molecule has 0 aliphatic heterocycles. The Morgan fingerprint density at radius 3 is 2.31 bits per heavy atom. The average molecular weight is 260 g/mol. The van der Waals surface area contributed by atoms with Crippen LogP contribution in [0.3, 0.4) is 0 Å². The van der Waals surface area contributed by atoms with Gasteiger partial charge in [0.25, 0.3) is 0 Å². The maximum absolute atomic E-state index is 11.1. The Kier molecular flexibility index (Phi) is 3.38. The summed E-state index contributed by atoms with van der Waals surface area (Å²) in [5.41, 5.74) is 0.594. The van der Waals surface area contributed by atoms with Crippen molar-refractivity contribution < 1.29 is 9.90 Å². The first-order chi connectivity index (χ1) is 7.56. The highest BCUT2D eigenvalue weighted by Gasteiger charge is 2.29. The van der Waals surface area contributed by atoms with Crippen LogP contribution in [0.4, 0.5) is 0 Å². The van der Waals surface area contributed by atoms with Crippen molar-refractivity contribution in [3.05, 3.63) is 33.8 Å². The molecule has 0 saturated heterocycles. The Balaban J connectivity index is 2.25. The molecule has 1 aliphatic rings. The maximum Gasteiger partial charge on any atom is 0.325 e. The van der Waals surface area contributed by atoms with Gasteiger partial charge in [0.2, 0.25) is 0 Å². The van der Waals surface area contributed by atoms with E-state index in [1.54, 1.807) is 18.2 Å². The molecule has 0 spiro atoms. The molecule has 1 aromatic rings. The third kappa shape index (κ3) is 2.88. The fourth-order valence-corrected chi connectivity index (χ4v) is 2.08. The Morgan fingerprint density at radius 1 is 1.31 bits per heavy atom. The molecule has 1 aromatic carbocycles. The van der Waals surface area contributed by atoms with Gasteiger partial charge in [-0.05, 0) is 36.6 Å². The summed E-state index contributed by atoms with van der Waals surface area (Å²) < 4.78 is 0. The molecule has 16 heavy (non-hydrogen) atoms. The summed E-state index contributed by atoms with van der Waals surface area (Å²) in [6, 6.07) is 4.41. The molecule has 2 rings (SSSR count). The number of benzene rings is 1. The largest absolute Gasteiger partial charge is 0.480 e. The zero-order chi connectivity index (χ0) is 11.7. The monoisotopic (exact) mass is 259 g/mol. The van der Waals surface area contributed by atoms with Crippen molar-refractivity contribution in [2.24, 2.45) is 0 Å². The van der Waals surface area contributed by atoms with Gasteiger partial charge in [0.05, 0.1) is 0 Å². The Hall–Kier alpha value is -0.770. The van der Waals surface area contributed by atoms with E-state index in [-0.39, 0.29) is 0 Å². The maximum atomic E-state index is 11.1. The molecule has 0 amide bonds. The van der Waals surface area contributed by atoms with E-state index < -0.39 is 12.0 Å². The van der Waals surface area contributed by atoms with Crippen LogP contribution >= 0.6 is 23.2 Å². The lowest BCUT2D eigenvalue weighted by Gasteiger charge is -2.14. The average Bonchev–Trinajstić information content (AvgIpc) is 2.95. The number of hydrogen-bond donors (Lipinski definition) is 2. The minimum absolute atomic E-state index is 0.304. The van der Waals surface area contributed by atoms with Crippen LogP contribution in [0.25, 0.3) is 0 Å². The number of halogens is 2. The molecule has 86 valence electrons. The first-order valence-corrected chi connectivity index (χ1v) is 5.76. The minimum atomic E-state index is -0.912. The zero-order valence-electron chi connectivity index (χ0n) is 8.41. The molecule has 1 unspecified atom stereocenters. The highest BCUT2D eigenvalue weighted by Crippen LogP contribution is 2.27. The third-order valence-corrected chi connectivity index (χ3v) is 2.88. The first-order valence-electron chi connectivity index (χ1n) is 5.01. The molecule has 1 atom stereocenters. The van der Waals surface area contributed by atoms with E-state index in [0.29, 0.717) is 21.7 Å². The highest BCUT2D eigenvalue weighted by atomic mass is 35.5. The van der Waals surface area contributed by atoms with Crippen molar-refractivity contribution in [2.45, 2.75) is 24.9 Å². The SMILES string of the molecule is O=C(O)C(NC1CC1)c1cc(Cl)cc(Cl)c1. The van der Waals surface area contributed by atoms with E-state index in [1.165, 1.54) is 0 Å². The molecule has 0 heterocycles. The van der Waals surface area contributed by atoms with E-state index in [0.717, 1.165) is 12.8 Å². The molecule has 0 bridgehead atoms. The van der Waals surface area contributed by atoms with Gasteiger partial charge in [0, 0.05) is 16.1 Å². The number of rotatable bonds is 4. The molecule has 1 aliphatic carbocycles. The molecule has 0 aromatic heterocycles. The van der Waals surface area contributed by atoms with Crippen LogP contribution in [0.2, 0.25) is 10.0 Å². The van der Waals surface area contributed by atoms with Gasteiger partial charge in [0.15, 0.2) is 0 Å². The van der Waals surface area contributed by atoms with Gasteiger partial charge in [-0.25, -0.2) is 0 Å². The van der Waals surface area contributed by atoms with Crippen LogP contribution in [-0.2, 0) is 4.79 Å². The lowest BCUT2D eigenvalue weighted by molar-refractivity contribution is -0.139. The van der Waals surface area contributed by atoms with Crippen molar-refractivity contribution in [3.63, 3.8) is 0 Å². The summed E-state index contributed by atoms with van der Waals surface area (Å²) in [7, 11) is 0. The summed E-state index contributed by atoms with van der Waals surface area (Å²) in [5, 5.41) is 13.1. The third-order valence-electron chi connectivity index (χ3n) is 2.44. The van der Waals surface area contributed by atoms with Crippen LogP contribution in [0.1, 0.15) is 24.4 Å². The zero-order valence-corrected chi connectivity index (χ0v) is 9.92. The highest BCUT2D eigenvalue weighted by molar-refractivity contribution is 6.34. The Morgan fingerprint density at radius 2 is 1.88 bits per heavy atom. The molecule has 5 heteroatoms. The number of carboxylic acids is 1. The Labute approximate surface area is 103 Å². The lowest BCUT2D eigenvalue weighted by atomic mass is 10.1. The standard InChI is InChI=1S/C11H11Cl2NO2/c12-7-3-6(4-8(13)5-7)10(11(15)16)14-9-1-2-9/h3-5,9-10,14H,1-2H2,(H,15,16). The van der Waals surface area contributed by atoms with Crippen LogP contribution in [0, 0.1) is 0 Å². The van der Waals surface area contributed by atoms with Gasteiger partial charge < -0.3 is 5.11 Å². The molecular weight excluding hydrogens is 249 g/mol. The number of carboxylic acid groups (broad SMARTS) is 1. The van der Waals surface area contributed by atoms with Gasteiger partial charge in [-0.2, -0.15) is 0 Å². The van der Waals surface area contributed by atoms with E-state index >= 15 is 0 Å². The van der Waals surface area contributed by atoms with Crippen molar-refractivity contribution in [1.82, 2.24) is 5.32 Å². The molecular formula is C11H11Cl2NO2. The fourth-order valence-electron chi connectivity index (χ4n) is 1.54. The number of aliphatic carboxylic acids is 1. The predicted molar refractivity (Wildman–Crippen MR) is 63.0 cm³/mol. The minimum Gasteiger partial charge on any atom is -0.480 e. The number of hydrogen-bond acceptors (Lipinski definition) is 2. The predicted octanol–water partition coefficient (Wildman–Crippen LogP) is 2.87. The lowest BCUT2D eigenvalue weighted by Crippen LogP contribution is -2.30. The van der Waals surface area contributed by atoms with Gasteiger partial charge in [-0.15, -0.1) is 0 Å². The quantitative estimate of drug-likeness (QED) is 0.875. The van der Waals surface area contributed by atoms with Crippen LogP contribution in [0.15, 0.2) is 18.2 Å². The molecule has 1 fully saturated rings. The molecule has 3 nitrogen and oxygen atoms in total. The van der Waals surface area contributed by atoms with Crippen molar-refractivity contribution in [3.8, 4) is 0 Å². The second-order valence-corrected chi connectivity index (χ2v) is 4.79. The number of carbonyl (C=O) groups is 1. The van der Waals surface area contributed by atoms with Gasteiger partial charge in [-0.3, -0.25) is 10.1 Å². The normalized spacial score (nSPS) is 17.1. The summed E-state index contributed by atoms with van der Waals surface area (Å²) in [6.45, 7) is 0. The molecule has 0 radical (unpaired) electrons. The van der Waals surface area contributed by atoms with Crippen molar-refractivity contribution in [2.75, 3.05) is 0 Å². The van der Waals surface area contributed by atoms with E-state index in [2.05, 4.69) is 5.32 Å². The van der Waals surface area contributed by atoms with E-state index in [1.807, 2.05) is 0 Å². The summed E-state index contributed by atoms with van der Waals surface area (Å²) >= 11 is 11.7. The fraction of sp³-hybridized carbons (Fsp3) is 0.364. The number of nitrogens with one attached hydrogen (secondary N) is 1. The summed E-state index contributed by atoms with van der Waals surface area (Å²) in [6.07, 6.45) is 2.05. The van der Waals surface area contributed by atoms with Crippen LogP contribution in [0.5, 0.6) is 0 Å². The van der Waals surface area contributed by atoms with Crippen LogP contribution in [-0.4, -0.2) is 17.1 Å². The molecule has 2 N–H and O–H groups in total. The second-order valence-electron chi connectivity index (χ2n) is 3.91. The smallest absolute Gasteiger partial charge is 0.325 e. The van der Waals surface area contributed by atoms with Crippen molar-refractivity contribution >= 4 is 29.2 Å². The summed E-state index contributed by atoms with van der Waals surface area (Å²) in [4.78, 5) is 11.1. The van der Waals surface area contributed by atoms with Gasteiger partial charge in [-0.1, -0.05) is 23.2 Å². The molecule has 1 saturated carbocycles. The topological polar surface area (TPSA) is 49.3 Å². The Bertz CT molecular complexity index is 398. The second kappa shape index (κ2) is 4.62. The van der Waals surface area contributed by atoms with Crippen LogP contribution < -0.4 is 5.32 Å². The summed E-state index contributed by atoms with van der Waals surface area (Å²) in [5.74, 6) is -0.912. The van der Waals surface area contributed by atoms with Crippen molar-refractivity contribution in [1.29, 1.82) is 0 Å². The van der Waals surface area contributed by atoms with E-state index in [9.17, 15) is 4.79 Å². The first kappa shape index (κ1) is 11.7. The van der Waals surface area contributed by atoms with E-state index in [4.69, 9.17) is 28.3 Å².